The van der Waals surface area contributed by atoms with Crippen LogP contribution in [0.15, 0.2) is 24.3 Å². The second-order valence-electron chi connectivity index (χ2n) is 4.56. The molecule has 2 amide bonds. The average molecular weight is 334 g/mol. The quantitative estimate of drug-likeness (QED) is 0.346. The number of benzene rings is 2. The van der Waals surface area contributed by atoms with Gasteiger partial charge in [-0.1, -0.05) is 0 Å². The second kappa shape index (κ2) is 6.32. The fraction of sp³-hybridized carbons (Fsp3) is 0. The number of amides is 2. The van der Waals surface area contributed by atoms with Gasteiger partial charge >= 0.3 is 11.9 Å². The summed E-state index contributed by atoms with van der Waals surface area (Å²) in [5.41, 5.74) is 1.01. The van der Waals surface area contributed by atoms with Crippen LogP contribution in [0.5, 0.6) is 0 Å². The first-order valence-electron chi connectivity index (χ1n) is 6.28. The van der Waals surface area contributed by atoms with Crippen LogP contribution in [0.1, 0.15) is 41.4 Å². The van der Waals surface area contributed by atoms with Gasteiger partial charge in [0.2, 0.25) is 0 Å². The van der Waals surface area contributed by atoms with Crippen molar-refractivity contribution in [3.63, 3.8) is 0 Å². The van der Waals surface area contributed by atoms with E-state index in [1.807, 2.05) is 0 Å². The Bertz CT molecular complexity index is 817. The Balaban J connectivity index is 3.11. The highest BCUT2D eigenvalue weighted by atomic mass is 16.5. The lowest BCUT2D eigenvalue weighted by Gasteiger charge is -2.13. The standard InChI is InChI=1S/C14H10N2O8/c17-11(15-23)5-1-2-6(12(18)16-24)10-8(14(21)22)4-3-7(9(5)10)13(19)20/h1-4,23-24H,(H,15,17)(H,16,18)(H,19,20)(H,21,22). The van der Waals surface area contributed by atoms with Crippen LogP contribution in [-0.4, -0.2) is 44.4 Å². The highest BCUT2D eigenvalue weighted by Gasteiger charge is 2.25. The predicted molar refractivity (Wildman–Crippen MR) is 76.4 cm³/mol. The summed E-state index contributed by atoms with van der Waals surface area (Å²) in [6.45, 7) is 0. The van der Waals surface area contributed by atoms with E-state index in [0.29, 0.717) is 0 Å². The van der Waals surface area contributed by atoms with Gasteiger partial charge in [0.05, 0.1) is 22.3 Å². The van der Waals surface area contributed by atoms with E-state index in [1.54, 1.807) is 0 Å². The molecule has 2 aromatic rings. The van der Waals surface area contributed by atoms with Crippen LogP contribution >= 0.6 is 0 Å². The molecule has 0 aliphatic carbocycles. The van der Waals surface area contributed by atoms with E-state index < -0.39 is 34.9 Å². The summed E-state index contributed by atoms with van der Waals surface area (Å²) < 4.78 is 0. The third kappa shape index (κ3) is 2.62. The molecule has 0 aromatic heterocycles. The molecule has 0 aliphatic rings. The van der Waals surface area contributed by atoms with Gasteiger partial charge in [-0.05, 0) is 24.3 Å². The number of nitrogens with one attached hydrogen (secondary N) is 2. The van der Waals surface area contributed by atoms with Gasteiger partial charge in [-0.3, -0.25) is 20.0 Å². The van der Waals surface area contributed by atoms with Crippen LogP contribution in [0.2, 0.25) is 0 Å². The third-order valence-corrected chi connectivity index (χ3v) is 3.31. The van der Waals surface area contributed by atoms with Crippen LogP contribution in [0.25, 0.3) is 10.8 Å². The minimum Gasteiger partial charge on any atom is -0.478 e. The second-order valence-corrected chi connectivity index (χ2v) is 4.56. The molecule has 0 atom stereocenters. The lowest BCUT2D eigenvalue weighted by atomic mass is 9.91. The van der Waals surface area contributed by atoms with E-state index in [0.717, 1.165) is 24.3 Å². The van der Waals surface area contributed by atoms with Gasteiger partial charge in [0.15, 0.2) is 0 Å². The highest BCUT2D eigenvalue weighted by Crippen LogP contribution is 2.30. The number of aromatic carboxylic acids is 2. The zero-order valence-electron chi connectivity index (χ0n) is 11.7. The Labute approximate surface area is 132 Å². The molecule has 6 N–H and O–H groups in total. The summed E-state index contributed by atoms with van der Waals surface area (Å²) in [5, 5.41) is 35.4. The molecule has 0 aliphatic heterocycles. The molecule has 0 saturated heterocycles. The van der Waals surface area contributed by atoms with Gasteiger partial charge in [-0.2, -0.15) is 0 Å². The molecule has 2 rings (SSSR count). The molecule has 0 saturated carbocycles. The van der Waals surface area contributed by atoms with E-state index in [-0.39, 0.29) is 21.9 Å². The largest absolute Gasteiger partial charge is 0.478 e. The molecule has 24 heavy (non-hydrogen) atoms. The molecule has 0 fully saturated rings. The van der Waals surface area contributed by atoms with E-state index in [9.17, 15) is 29.4 Å². The van der Waals surface area contributed by atoms with E-state index in [1.165, 1.54) is 11.0 Å². The summed E-state index contributed by atoms with van der Waals surface area (Å²) >= 11 is 0. The van der Waals surface area contributed by atoms with E-state index in [2.05, 4.69) is 0 Å². The van der Waals surface area contributed by atoms with Crippen LogP contribution in [0.4, 0.5) is 0 Å². The molecule has 10 heteroatoms. The summed E-state index contributed by atoms with van der Waals surface area (Å²) in [7, 11) is 0. The summed E-state index contributed by atoms with van der Waals surface area (Å²) in [4.78, 5) is 46.4. The number of fused-ring (bicyclic) bond motifs is 1. The number of carboxylic acids is 2. The zero-order valence-corrected chi connectivity index (χ0v) is 11.7. The van der Waals surface area contributed by atoms with Crippen molar-refractivity contribution in [1.29, 1.82) is 0 Å². The molecule has 2 aromatic carbocycles. The van der Waals surface area contributed by atoms with Crippen LogP contribution in [0, 0.1) is 0 Å². The van der Waals surface area contributed by atoms with E-state index in [4.69, 9.17) is 10.4 Å². The van der Waals surface area contributed by atoms with Crippen molar-refractivity contribution in [2.24, 2.45) is 0 Å². The Hall–Kier alpha value is -3.50. The molecule has 10 nitrogen and oxygen atoms in total. The van der Waals surface area contributed by atoms with Gasteiger partial charge in [0, 0.05) is 10.8 Å². The molecule has 0 radical (unpaired) electrons. The number of hydrogen-bond acceptors (Lipinski definition) is 6. The van der Waals surface area contributed by atoms with Crippen molar-refractivity contribution in [2.75, 3.05) is 0 Å². The number of hydroxylamine groups is 2. The number of rotatable bonds is 4. The zero-order chi connectivity index (χ0) is 18.0. The SMILES string of the molecule is O=C(O)c1ccc(C(=O)O)c2c(C(=O)NO)ccc(C(=O)NO)c12. The molecule has 124 valence electrons. The molecular weight excluding hydrogens is 324 g/mol. The van der Waals surface area contributed by atoms with Crippen molar-refractivity contribution in [2.45, 2.75) is 0 Å². The van der Waals surface area contributed by atoms with Gasteiger partial charge < -0.3 is 10.2 Å². The Morgan fingerprint density at radius 1 is 0.625 bits per heavy atom. The third-order valence-electron chi connectivity index (χ3n) is 3.31. The molecule has 0 bridgehead atoms. The molecule has 0 heterocycles. The first-order chi connectivity index (χ1) is 11.3. The summed E-state index contributed by atoms with van der Waals surface area (Å²) in [5.74, 6) is -5.15. The van der Waals surface area contributed by atoms with Gasteiger partial charge in [-0.15, -0.1) is 0 Å². The molecule has 0 spiro atoms. The van der Waals surface area contributed by atoms with Crippen molar-refractivity contribution >= 4 is 34.5 Å². The monoisotopic (exact) mass is 334 g/mol. The lowest BCUT2D eigenvalue weighted by molar-refractivity contribution is 0.0680. The van der Waals surface area contributed by atoms with Crippen LogP contribution < -0.4 is 11.0 Å². The first kappa shape index (κ1) is 16.9. The Morgan fingerprint density at radius 3 is 1.17 bits per heavy atom. The fourth-order valence-electron chi connectivity index (χ4n) is 2.35. The fourth-order valence-corrected chi connectivity index (χ4v) is 2.35. The van der Waals surface area contributed by atoms with Crippen LogP contribution in [-0.2, 0) is 0 Å². The predicted octanol–water partition coefficient (Wildman–Crippen LogP) is 0.474. The minimum atomic E-state index is -1.48. The van der Waals surface area contributed by atoms with Gasteiger partial charge in [0.1, 0.15) is 0 Å². The van der Waals surface area contributed by atoms with Crippen molar-refractivity contribution in [3.8, 4) is 0 Å². The number of hydrogen-bond donors (Lipinski definition) is 6. The lowest BCUT2D eigenvalue weighted by Crippen LogP contribution is -2.23. The van der Waals surface area contributed by atoms with Gasteiger partial charge in [-0.25, -0.2) is 20.5 Å². The number of carboxylic acid groups (broad SMARTS) is 2. The summed E-state index contributed by atoms with van der Waals surface area (Å²) in [6, 6.07) is 3.97. The Morgan fingerprint density at radius 2 is 0.917 bits per heavy atom. The normalized spacial score (nSPS) is 10.2. The van der Waals surface area contributed by atoms with Crippen molar-refractivity contribution < 1.29 is 39.8 Å². The Kier molecular flexibility index (Phi) is 4.44. The summed E-state index contributed by atoms with van der Waals surface area (Å²) in [6.07, 6.45) is 0. The maximum Gasteiger partial charge on any atom is 0.336 e. The van der Waals surface area contributed by atoms with Crippen molar-refractivity contribution in [3.05, 3.63) is 46.5 Å². The number of carbonyl (C=O) groups is 4. The minimum absolute atomic E-state index is 0.359. The maximum atomic E-state index is 11.8. The first-order valence-corrected chi connectivity index (χ1v) is 6.28. The van der Waals surface area contributed by atoms with Crippen molar-refractivity contribution in [1.82, 2.24) is 11.0 Å². The van der Waals surface area contributed by atoms with Gasteiger partial charge in [0.25, 0.3) is 11.8 Å². The topological polar surface area (TPSA) is 173 Å². The van der Waals surface area contributed by atoms with Crippen LogP contribution in [0.3, 0.4) is 0 Å². The number of carbonyl (C=O) groups excluding carboxylic acids is 2. The van der Waals surface area contributed by atoms with E-state index >= 15 is 0 Å². The smallest absolute Gasteiger partial charge is 0.336 e. The highest BCUT2D eigenvalue weighted by molar-refractivity contribution is 6.23. The molecular formula is C14H10N2O8. The molecule has 0 unspecified atom stereocenters. The maximum absolute atomic E-state index is 11.8. The average Bonchev–Trinajstić information content (AvgIpc) is 2.57.